The van der Waals surface area contributed by atoms with Crippen molar-refractivity contribution >= 4 is 21.2 Å². The number of carboxylic acid groups (broad SMARTS) is 1. The van der Waals surface area contributed by atoms with Crippen molar-refractivity contribution in [2.75, 3.05) is 19.6 Å². The van der Waals surface area contributed by atoms with Gasteiger partial charge in [0, 0.05) is 24.7 Å². The molecule has 0 heterocycles. The predicted molar refractivity (Wildman–Crippen MR) is 88.3 cm³/mol. The lowest BCUT2D eigenvalue weighted by Crippen LogP contribution is -2.30. The predicted octanol–water partition coefficient (Wildman–Crippen LogP) is 0.253. The van der Waals surface area contributed by atoms with E-state index in [1.54, 1.807) is 4.90 Å². The first kappa shape index (κ1) is 23.2. The largest absolute Gasteiger partial charge is 0.480 e. The Bertz CT molecular complexity index is 505. The van der Waals surface area contributed by atoms with E-state index in [9.17, 15) is 13.9 Å². The van der Waals surface area contributed by atoms with Crippen molar-refractivity contribution in [3.63, 3.8) is 0 Å². The summed E-state index contributed by atoms with van der Waals surface area (Å²) in [5, 5.41) is 8.67. The molecular formula is C12H24N2O8P2. The van der Waals surface area contributed by atoms with Crippen molar-refractivity contribution < 1.29 is 38.6 Å². The van der Waals surface area contributed by atoms with E-state index in [-0.39, 0.29) is 13.1 Å². The zero-order valence-electron chi connectivity index (χ0n) is 13.0. The zero-order valence-corrected chi connectivity index (χ0v) is 14.8. The Hall–Kier alpha value is -0.830. The van der Waals surface area contributed by atoms with Crippen LogP contribution in [0, 0.1) is 0 Å². The topological polar surface area (TPSA) is 182 Å². The lowest BCUT2D eigenvalue weighted by molar-refractivity contribution is -0.138. The molecule has 7 N–H and O–H groups in total. The number of hydrogen-bond donors (Lipinski definition) is 6. The summed E-state index contributed by atoms with van der Waals surface area (Å²) in [7, 11) is -8.52. The smallest absolute Gasteiger partial charge is 0.348 e. The second-order valence-corrected chi connectivity index (χ2v) is 8.10. The summed E-state index contributed by atoms with van der Waals surface area (Å²) >= 11 is 0. The Kier molecular flexibility index (Phi) is 10.5. The molecule has 140 valence electrons. The highest BCUT2D eigenvalue weighted by Gasteiger charge is 2.12. The van der Waals surface area contributed by atoms with Gasteiger partial charge < -0.3 is 30.4 Å². The van der Waals surface area contributed by atoms with E-state index in [1.165, 1.54) is 12.2 Å². The molecule has 0 fully saturated rings. The number of aliphatic carboxylic acids is 1. The second-order valence-electron chi connectivity index (χ2n) is 5.15. The monoisotopic (exact) mass is 386 g/mol. The fourth-order valence-electron chi connectivity index (χ4n) is 1.75. The van der Waals surface area contributed by atoms with Gasteiger partial charge in [-0.15, -0.1) is 0 Å². The van der Waals surface area contributed by atoms with Gasteiger partial charge in [0.2, 0.25) is 0 Å². The van der Waals surface area contributed by atoms with Gasteiger partial charge in [-0.1, -0.05) is 18.6 Å². The maximum absolute atomic E-state index is 10.8. The van der Waals surface area contributed by atoms with Crippen molar-refractivity contribution in [1.29, 1.82) is 0 Å². The van der Waals surface area contributed by atoms with Crippen molar-refractivity contribution in [3.8, 4) is 0 Å². The fraction of sp³-hybridized carbons (Fsp3) is 0.583. The van der Waals surface area contributed by atoms with Crippen LogP contribution >= 0.6 is 15.2 Å². The Morgan fingerprint density at radius 3 is 1.83 bits per heavy atom. The third kappa shape index (κ3) is 14.7. The van der Waals surface area contributed by atoms with Crippen LogP contribution in [0.1, 0.15) is 19.3 Å². The van der Waals surface area contributed by atoms with Crippen LogP contribution in [0.3, 0.4) is 0 Å². The normalized spacial score (nSPS) is 14.8. The lowest BCUT2D eigenvalue weighted by atomic mass is 10.1. The van der Waals surface area contributed by atoms with Gasteiger partial charge in [-0.05, 0) is 19.4 Å². The van der Waals surface area contributed by atoms with Crippen molar-refractivity contribution in [2.45, 2.75) is 25.3 Å². The number of carboxylic acids is 1. The van der Waals surface area contributed by atoms with E-state index in [0.29, 0.717) is 25.8 Å². The SMILES string of the molecule is N[C@@H](CCCCN(CC=CP(=O)(O)O)CC=CP(=O)(O)O)C(=O)O. The second kappa shape index (κ2) is 10.9. The highest BCUT2D eigenvalue weighted by atomic mass is 31.2. The summed E-state index contributed by atoms with van der Waals surface area (Å²) in [5.74, 6) is 0.432. The van der Waals surface area contributed by atoms with Gasteiger partial charge in [0.1, 0.15) is 6.04 Å². The number of unbranched alkanes of at least 4 members (excludes halogenated alkanes) is 1. The maximum Gasteiger partial charge on any atom is 0.348 e. The van der Waals surface area contributed by atoms with Crippen molar-refractivity contribution in [2.24, 2.45) is 5.73 Å². The van der Waals surface area contributed by atoms with Crippen LogP contribution in [-0.4, -0.2) is 61.2 Å². The molecule has 0 aromatic heterocycles. The molecule has 12 heteroatoms. The maximum atomic E-state index is 10.8. The summed E-state index contributed by atoms with van der Waals surface area (Å²) in [4.78, 5) is 47.3. The van der Waals surface area contributed by atoms with Gasteiger partial charge in [0.25, 0.3) is 0 Å². The van der Waals surface area contributed by atoms with E-state index in [1.807, 2.05) is 0 Å². The molecule has 0 saturated heterocycles. The fourth-order valence-corrected chi connectivity index (χ4v) is 2.49. The minimum Gasteiger partial charge on any atom is -0.480 e. The molecule has 0 radical (unpaired) electrons. The molecule has 24 heavy (non-hydrogen) atoms. The summed E-state index contributed by atoms with van der Waals surface area (Å²) in [6.45, 7) is 0.784. The van der Waals surface area contributed by atoms with Crippen molar-refractivity contribution in [1.82, 2.24) is 4.90 Å². The van der Waals surface area contributed by atoms with E-state index < -0.39 is 27.2 Å². The Balaban J connectivity index is 4.49. The van der Waals surface area contributed by atoms with E-state index in [2.05, 4.69) is 0 Å². The molecule has 0 spiro atoms. The highest BCUT2D eigenvalue weighted by Crippen LogP contribution is 2.36. The number of nitrogens with two attached hydrogens (primary N) is 1. The Morgan fingerprint density at radius 1 is 1.00 bits per heavy atom. The van der Waals surface area contributed by atoms with Crippen LogP contribution < -0.4 is 5.73 Å². The molecule has 0 amide bonds. The standard InChI is InChI=1S/C12H24N2O8P2/c13-11(12(15)16)5-1-2-6-14(7-3-9-23(17,18)19)8-4-10-24(20,21)22/h3-4,9-11H,1-2,5-8,13H2,(H,15,16)(H2,17,18,19)(H2,20,21,22)/t11-/m0/s1. The average molecular weight is 386 g/mol. The Labute approximate surface area is 140 Å². The molecule has 0 unspecified atom stereocenters. The molecule has 0 aromatic carbocycles. The molecule has 0 aromatic rings. The molecule has 0 aliphatic rings. The van der Waals surface area contributed by atoms with Gasteiger partial charge in [0.15, 0.2) is 0 Å². The van der Waals surface area contributed by atoms with Crippen LogP contribution in [-0.2, 0) is 13.9 Å². The van der Waals surface area contributed by atoms with Crippen LogP contribution in [0.25, 0.3) is 0 Å². The molecule has 0 saturated carbocycles. The van der Waals surface area contributed by atoms with Gasteiger partial charge in [0.05, 0.1) is 0 Å². The summed E-state index contributed by atoms with van der Waals surface area (Å²) < 4.78 is 21.5. The van der Waals surface area contributed by atoms with E-state index in [4.69, 9.17) is 30.4 Å². The molecule has 0 aliphatic heterocycles. The van der Waals surface area contributed by atoms with Gasteiger partial charge in [-0.3, -0.25) is 18.8 Å². The van der Waals surface area contributed by atoms with Gasteiger partial charge in [-0.25, -0.2) is 0 Å². The van der Waals surface area contributed by atoms with E-state index >= 15 is 0 Å². The van der Waals surface area contributed by atoms with Gasteiger partial charge in [-0.2, -0.15) is 0 Å². The number of hydrogen-bond acceptors (Lipinski definition) is 5. The quantitative estimate of drug-likeness (QED) is 0.201. The number of carbonyl (C=O) groups is 1. The number of nitrogens with zero attached hydrogens (tertiary/aromatic N) is 1. The zero-order chi connectivity index (χ0) is 18.8. The number of rotatable bonds is 12. The first-order valence-electron chi connectivity index (χ1n) is 7.07. The summed E-state index contributed by atoms with van der Waals surface area (Å²) in [6.07, 6.45) is 3.95. The molecular weight excluding hydrogens is 362 g/mol. The first-order valence-corrected chi connectivity index (χ1v) is 10.4. The molecule has 10 nitrogen and oxygen atoms in total. The third-order valence-corrected chi connectivity index (χ3v) is 4.08. The summed E-state index contributed by atoms with van der Waals surface area (Å²) in [6, 6.07) is -0.942. The van der Waals surface area contributed by atoms with Crippen LogP contribution in [0.4, 0.5) is 0 Å². The minimum absolute atomic E-state index is 0.168. The van der Waals surface area contributed by atoms with Crippen LogP contribution in [0.5, 0.6) is 0 Å². The molecule has 0 bridgehead atoms. The third-order valence-electron chi connectivity index (χ3n) is 2.88. The highest BCUT2D eigenvalue weighted by molar-refractivity contribution is 7.55. The Morgan fingerprint density at radius 2 is 1.46 bits per heavy atom. The molecule has 1 atom stereocenters. The van der Waals surface area contributed by atoms with Crippen LogP contribution in [0.15, 0.2) is 23.8 Å². The van der Waals surface area contributed by atoms with Crippen molar-refractivity contribution in [3.05, 3.63) is 23.8 Å². The average Bonchev–Trinajstić information content (AvgIpc) is 2.39. The summed E-state index contributed by atoms with van der Waals surface area (Å²) in [5.41, 5.74) is 5.38. The first-order chi connectivity index (χ1) is 10.9. The molecule has 0 rings (SSSR count). The molecule has 0 aliphatic carbocycles. The van der Waals surface area contributed by atoms with E-state index in [0.717, 1.165) is 11.6 Å². The van der Waals surface area contributed by atoms with Crippen LogP contribution in [0.2, 0.25) is 0 Å². The minimum atomic E-state index is -4.26. The lowest BCUT2D eigenvalue weighted by Gasteiger charge is -2.19. The van der Waals surface area contributed by atoms with Gasteiger partial charge >= 0.3 is 21.2 Å².